The number of oxime groups is 1. The van der Waals surface area contributed by atoms with Crippen LogP contribution in [-0.4, -0.2) is 61.8 Å². The molecule has 306 valence electrons. The zero-order valence-electron chi connectivity index (χ0n) is 31.3. The number of cyclic esters (lactones) is 1. The van der Waals surface area contributed by atoms with Crippen LogP contribution < -0.4 is 21.1 Å². The third-order valence-electron chi connectivity index (χ3n) is 10.3. The molecule has 24 heteroatoms. The number of nitrogens with zero attached hydrogens (tertiary/aromatic N) is 6. The molecule has 3 aliphatic rings. The zero-order valence-corrected chi connectivity index (χ0v) is 31.3. The van der Waals surface area contributed by atoms with Gasteiger partial charge in [-0.15, -0.1) is 0 Å². The van der Waals surface area contributed by atoms with Gasteiger partial charge >= 0.3 is 11.9 Å². The zero-order chi connectivity index (χ0) is 43.7. The topological polar surface area (TPSA) is 309 Å². The van der Waals surface area contributed by atoms with E-state index in [-0.39, 0.29) is 52.1 Å². The summed E-state index contributed by atoms with van der Waals surface area (Å²) in [5.41, 5.74) is -4.74. The molecular formula is C37H24BN7O16. The smallest absolute Gasteiger partial charge is 0.355 e. The predicted molar refractivity (Wildman–Crippen MR) is 204 cm³/mol. The van der Waals surface area contributed by atoms with Crippen molar-refractivity contribution in [1.82, 2.24) is 9.55 Å². The van der Waals surface area contributed by atoms with E-state index >= 15 is 0 Å². The fraction of sp³-hybridized carbons (Fsp3) is 0.189. The van der Waals surface area contributed by atoms with E-state index in [1.54, 1.807) is 18.2 Å². The summed E-state index contributed by atoms with van der Waals surface area (Å²) in [6.07, 6.45) is -1.95. The van der Waals surface area contributed by atoms with E-state index in [2.05, 4.69) is 10.1 Å². The molecule has 8 rings (SSSR count). The van der Waals surface area contributed by atoms with Crippen molar-refractivity contribution in [1.29, 1.82) is 0 Å². The second-order valence-corrected chi connectivity index (χ2v) is 13.7. The van der Waals surface area contributed by atoms with Gasteiger partial charge in [0.05, 0.1) is 61.5 Å². The number of nitro groups is 3. The molecule has 2 N–H and O–H groups in total. The van der Waals surface area contributed by atoms with Crippen molar-refractivity contribution in [3.8, 4) is 34.0 Å². The molecule has 0 unspecified atom stereocenters. The van der Waals surface area contributed by atoms with Gasteiger partial charge in [-0.05, 0) is 43.7 Å². The van der Waals surface area contributed by atoms with Crippen molar-refractivity contribution in [2.24, 2.45) is 11.1 Å². The van der Waals surface area contributed by atoms with E-state index in [0.717, 1.165) is 25.1 Å². The van der Waals surface area contributed by atoms with E-state index in [9.17, 15) is 49.5 Å². The van der Waals surface area contributed by atoms with Crippen LogP contribution in [0.2, 0.25) is 0 Å². The Morgan fingerprint density at radius 2 is 1.70 bits per heavy atom. The van der Waals surface area contributed by atoms with E-state index in [1.165, 1.54) is 23.6 Å². The van der Waals surface area contributed by atoms with Gasteiger partial charge < -0.3 is 28.5 Å². The Morgan fingerprint density at radius 1 is 1.00 bits per heavy atom. The van der Waals surface area contributed by atoms with Crippen molar-refractivity contribution in [3.05, 3.63) is 123 Å². The molecule has 4 heterocycles. The number of non-ortho nitro benzene ring substituents is 2. The minimum atomic E-state index is -2.20. The van der Waals surface area contributed by atoms with Crippen LogP contribution >= 0.6 is 0 Å². The summed E-state index contributed by atoms with van der Waals surface area (Å²) < 4.78 is 17.7. The van der Waals surface area contributed by atoms with Crippen LogP contribution in [0.1, 0.15) is 48.1 Å². The number of hydrogen-bond donors (Lipinski definition) is 1. The third kappa shape index (κ3) is 6.41. The molecule has 0 saturated heterocycles. The quantitative estimate of drug-likeness (QED) is 0.0631. The molecule has 2 atom stereocenters. The monoisotopic (exact) mass is 833 g/mol. The van der Waals surface area contributed by atoms with Crippen LogP contribution in [0, 0.1) is 30.3 Å². The van der Waals surface area contributed by atoms with Gasteiger partial charge in [-0.3, -0.25) is 39.9 Å². The van der Waals surface area contributed by atoms with E-state index < -0.39 is 85.0 Å². The van der Waals surface area contributed by atoms with Crippen LogP contribution in [0.25, 0.3) is 33.4 Å². The first-order valence-electron chi connectivity index (χ1n) is 17.7. The molecule has 61 heavy (non-hydrogen) atoms. The Hall–Kier alpha value is -8.12. The summed E-state index contributed by atoms with van der Waals surface area (Å²) >= 11 is 0. The number of aromatic nitrogens is 2. The molecule has 0 bridgehead atoms. The summed E-state index contributed by atoms with van der Waals surface area (Å²) in [6.45, 7) is 2.29. The predicted octanol–water partition coefficient (Wildman–Crippen LogP) is 4.04. The normalized spacial score (nSPS) is 16.6. The van der Waals surface area contributed by atoms with Crippen molar-refractivity contribution >= 4 is 59.3 Å². The molecule has 0 amide bonds. The highest BCUT2D eigenvalue weighted by Crippen LogP contribution is 2.50. The Kier molecular flexibility index (Phi) is 9.51. The van der Waals surface area contributed by atoms with Gasteiger partial charge in [0.2, 0.25) is 25.4 Å². The Morgan fingerprint density at radius 3 is 2.36 bits per heavy atom. The van der Waals surface area contributed by atoms with Crippen LogP contribution in [0.4, 0.5) is 21.9 Å². The van der Waals surface area contributed by atoms with Gasteiger partial charge in [-0.25, -0.2) is 14.6 Å². The lowest BCUT2D eigenvalue weighted by atomic mass is 9.85. The first kappa shape index (κ1) is 39.7. The van der Waals surface area contributed by atoms with Gasteiger partial charge in [-0.2, -0.15) is 5.90 Å². The number of fused-ring (bicyclic) bond motifs is 8. The maximum atomic E-state index is 14.0. The Labute approximate surface area is 339 Å². The third-order valence-corrected chi connectivity index (χ3v) is 10.3. The second kappa shape index (κ2) is 14.6. The lowest BCUT2D eigenvalue weighted by Gasteiger charge is -2.36. The summed E-state index contributed by atoms with van der Waals surface area (Å²) in [6, 6.07) is 11.2. The van der Waals surface area contributed by atoms with Crippen molar-refractivity contribution in [2.75, 3.05) is 0 Å². The minimum absolute atomic E-state index is 0.0183. The number of carbonyl (C=O) groups excluding carboxylic acids is 3. The maximum absolute atomic E-state index is 14.0. The molecule has 2 aromatic heterocycles. The summed E-state index contributed by atoms with van der Waals surface area (Å²) in [7, 11) is 5.15. The van der Waals surface area contributed by atoms with Crippen molar-refractivity contribution < 1.29 is 58.1 Å². The number of carbonyl (C=O) groups is 3. The minimum Gasteiger partial charge on any atom is -0.457 e. The lowest BCUT2D eigenvalue weighted by molar-refractivity contribution is -0.393. The molecule has 0 fully saturated rings. The Balaban J connectivity index is 1.17. The number of esters is 2. The van der Waals surface area contributed by atoms with Gasteiger partial charge in [-0.1, -0.05) is 17.1 Å². The Bertz CT molecular complexity index is 2950. The number of nitro benzene ring substituents is 3. The number of hydrogen-bond acceptors (Lipinski definition) is 19. The van der Waals surface area contributed by atoms with Crippen LogP contribution in [0.15, 0.2) is 64.5 Å². The molecular weight excluding hydrogens is 809 g/mol. The van der Waals surface area contributed by atoms with Gasteiger partial charge in [0.15, 0.2) is 5.75 Å². The second-order valence-electron chi connectivity index (χ2n) is 13.7. The first-order valence-corrected chi connectivity index (χ1v) is 17.7. The number of rotatable bonds is 11. The average Bonchev–Trinajstić information content (AvgIpc) is 3.74. The summed E-state index contributed by atoms with van der Waals surface area (Å²) in [5, 5.41) is 40.5. The molecule has 0 spiro atoms. The van der Waals surface area contributed by atoms with E-state index in [0.29, 0.717) is 33.9 Å². The fourth-order valence-corrected chi connectivity index (χ4v) is 7.55. The number of pyridine rings is 2. The number of benzene rings is 3. The average molecular weight is 833 g/mol. The van der Waals surface area contributed by atoms with Gasteiger partial charge in [0, 0.05) is 45.3 Å². The van der Waals surface area contributed by atoms with Crippen LogP contribution in [0.3, 0.4) is 0 Å². The first-order chi connectivity index (χ1) is 29.1. The highest BCUT2D eigenvalue weighted by atomic mass is 17.3. The summed E-state index contributed by atoms with van der Waals surface area (Å²) in [4.78, 5) is 105. The van der Waals surface area contributed by atoms with Crippen molar-refractivity contribution in [2.45, 2.75) is 45.1 Å². The lowest BCUT2D eigenvalue weighted by Crippen LogP contribution is -2.48. The van der Waals surface area contributed by atoms with E-state index in [1.807, 2.05) is 0 Å². The highest BCUT2D eigenvalue weighted by Gasteiger charge is 2.51. The van der Waals surface area contributed by atoms with E-state index in [4.69, 9.17) is 42.7 Å². The summed E-state index contributed by atoms with van der Waals surface area (Å²) in [5.74, 6) is 1.51. The molecule has 23 nitrogen and oxygen atoms in total. The number of nitrogens with two attached hydrogens (primary N) is 1. The molecule has 2 aliphatic heterocycles. The SMILES string of the molecule is [B]C(=O)Oc1ccc2nc3c(cc2c1)Cn1c-3cc2c(c1=O)COC(=O)[C@@]2(CC)OC(=O)[C@@H](C)O/N=C1/c2cc([N+](=O)[O-])cc(OON)c2-c2c1cc([N+](=O)[O-])cc2[N+](=O)[O-]. The molecule has 0 saturated carbocycles. The van der Waals surface area contributed by atoms with Crippen LogP contribution in [0.5, 0.6) is 11.5 Å². The fourth-order valence-electron chi connectivity index (χ4n) is 7.55. The largest absolute Gasteiger partial charge is 0.457 e. The van der Waals surface area contributed by atoms with Crippen molar-refractivity contribution in [3.63, 3.8) is 0 Å². The molecule has 2 radical (unpaired) electrons. The van der Waals surface area contributed by atoms with Gasteiger partial charge in [0.1, 0.15) is 18.1 Å². The maximum Gasteiger partial charge on any atom is 0.355 e. The molecule has 5 aromatic rings. The highest BCUT2D eigenvalue weighted by molar-refractivity contribution is 6.55. The van der Waals surface area contributed by atoms with Gasteiger partial charge in [0.25, 0.3) is 22.6 Å². The number of ether oxygens (including phenoxy) is 3. The molecule has 1 aliphatic carbocycles. The molecule has 3 aromatic carbocycles. The van der Waals surface area contributed by atoms with Crippen LogP contribution in [-0.2, 0) is 47.6 Å². The standard InChI is InChI=1S/C37H24BN7O16/c1-3-37(24-12-27-31-17(13-42(27)33(46)23(24)14-56-35(37)48)6-16-7-20(57-36(38)49)4-5-25(16)40-31)58-34(47)15(2)59-41-32-21-8-18(43(50)51)10-26(45(54)55)29(21)30-22(32)9-19(44(52)53)11-28(30)60-61-39/h4-12,15H,3,13-14,39H2,1-2H3/b41-32+/t15-,37+/m1/s1.